The van der Waals surface area contributed by atoms with Gasteiger partial charge in [0.15, 0.2) is 0 Å². The smallest absolute Gasteiger partial charge is 0.107 e. The zero-order chi connectivity index (χ0) is 12.8. The summed E-state index contributed by atoms with van der Waals surface area (Å²) in [5.41, 5.74) is 0. The van der Waals surface area contributed by atoms with Gasteiger partial charge in [0.1, 0.15) is 5.01 Å². The minimum Gasteiger partial charge on any atom is -0.307 e. The average Bonchev–Trinajstić information content (AvgIpc) is 2.85. The fraction of sp³-hybridized carbons (Fsp3) is 0.812. The number of aromatic nitrogens is 1. The monoisotopic (exact) mass is 276 g/mol. The third kappa shape index (κ3) is 2.25. The molecule has 1 aromatic heterocycles. The highest BCUT2D eigenvalue weighted by Gasteiger charge is 2.47. The molecule has 4 bridgehead atoms. The fourth-order valence-corrected chi connectivity index (χ4v) is 5.87. The summed E-state index contributed by atoms with van der Waals surface area (Å²) in [5, 5.41) is 5.15. The van der Waals surface area contributed by atoms with Gasteiger partial charge in [-0.1, -0.05) is 6.92 Å². The van der Waals surface area contributed by atoms with Gasteiger partial charge < -0.3 is 5.32 Å². The van der Waals surface area contributed by atoms with Crippen LogP contribution < -0.4 is 5.32 Å². The van der Waals surface area contributed by atoms with Gasteiger partial charge in [0.2, 0.25) is 0 Å². The van der Waals surface area contributed by atoms with E-state index in [1.807, 2.05) is 11.3 Å². The summed E-state index contributed by atoms with van der Waals surface area (Å²) in [5.74, 6) is 4.10. The van der Waals surface area contributed by atoms with Crippen molar-refractivity contribution in [2.45, 2.75) is 58.0 Å². The summed E-state index contributed by atoms with van der Waals surface area (Å²) >= 11 is 1.89. The first-order valence-corrected chi connectivity index (χ1v) is 8.80. The minimum atomic E-state index is 0.793. The molecule has 0 radical (unpaired) electrons. The average molecular weight is 276 g/mol. The van der Waals surface area contributed by atoms with E-state index in [4.69, 9.17) is 0 Å². The minimum absolute atomic E-state index is 0.793. The third-order valence-electron chi connectivity index (χ3n) is 5.67. The van der Waals surface area contributed by atoms with Gasteiger partial charge in [-0.25, -0.2) is 4.98 Å². The van der Waals surface area contributed by atoms with Gasteiger partial charge in [-0.15, -0.1) is 11.3 Å². The highest BCUT2D eigenvalue weighted by Crippen LogP contribution is 2.53. The van der Waals surface area contributed by atoms with Gasteiger partial charge in [-0.3, -0.25) is 0 Å². The molecular weight excluding hydrogens is 252 g/mol. The van der Waals surface area contributed by atoms with Crippen LogP contribution in [0.5, 0.6) is 0 Å². The molecule has 4 aliphatic rings. The first kappa shape index (κ1) is 12.3. The SMILES string of the molecule is CCc1cnc(CNC2C3CC4CC(C3)CC2C4)s1. The molecule has 0 aromatic carbocycles. The van der Waals surface area contributed by atoms with Crippen LogP contribution in [-0.2, 0) is 13.0 Å². The van der Waals surface area contributed by atoms with Crippen molar-refractivity contribution in [3.63, 3.8) is 0 Å². The summed E-state index contributed by atoms with van der Waals surface area (Å²) in [6.07, 6.45) is 10.7. The topological polar surface area (TPSA) is 24.9 Å². The van der Waals surface area contributed by atoms with Crippen LogP contribution in [0.1, 0.15) is 48.9 Å². The second kappa shape index (κ2) is 4.85. The fourth-order valence-electron chi connectivity index (χ4n) is 5.06. The van der Waals surface area contributed by atoms with Crippen molar-refractivity contribution in [3.05, 3.63) is 16.1 Å². The Morgan fingerprint density at radius 1 is 1.16 bits per heavy atom. The number of aryl methyl sites for hydroxylation is 1. The Bertz CT molecular complexity index is 425. The molecule has 0 spiro atoms. The van der Waals surface area contributed by atoms with Gasteiger partial charge in [0.25, 0.3) is 0 Å². The first-order chi connectivity index (χ1) is 9.31. The molecular formula is C16H24N2S. The largest absolute Gasteiger partial charge is 0.307 e. The Morgan fingerprint density at radius 2 is 1.84 bits per heavy atom. The van der Waals surface area contributed by atoms with Gasteiger partial charge in [0, 0.05) is 23.7 Å². The van der Waals surface area contributed by atoms with E-state index in [0.717, 1.165) is 42.7 Å². The summed E-state index contributed by atoms with van der Waals surface area (Å²) in [4.78, 5) is 5.96. The van der Waals surface area contributed by atoms with Crippen molar-refractivity contribution in [2.24, 2.45) is 23.7 Å². The quantitative estimate of drug-likeness (QED) is 0.908. The molecule has 4 saturated carbocycles. The van der Waals surface area contributed by atoms with Gasteiger partial charge >= 0.3 is 0 Å². The molecule has 0 saturated heterocycles. The molecule has 0 unspecified atom stereocenters. The normalized spacial score (nSPS) is 39.9. The maximum absolute atomic E-state index is 4.55. The lowest BCUT2D eigenvalue weighted by Crippen LogP contribution is -2.54. The van der Waals surface area contributed by atoms with Crippen LogP contribution in [0, 0.1) is 23.7 Å². The molecule has 3 heteroatoms. The van der Waals surface area contributed by atoms with Crippen LogP contribution in [0.4, 0.5) is 0 Å². The Balaban J connectivity index is 1.40. The van der Waals surface area contributed by atoms with Gasteiger partial charge in [-0.05, 0) is 62.2 Å². The standard InChI is InChI=1S/C16H24N2S/c1-2-14-8-17-15(19-14)9-18-16-12-4-10-3-11(6-12)7-13(16)5-10/h8,10-13,16,18H,2-7,9H2,1H3. The van der Waals surface area contributed by atoms with Crippen LogP contribution in [0.3, 0.4) is 0 Å². The predicted molar refractivity (Wildman–Crippen MR) is 79.2 cm³/mol. The highest BCUT2D eigenvalue weighted by molar-refractivity contribution is 7.11. The lowest BCUT2D eigenvalue weighted by Gasteiger charge is -2.54. The summed E-state index contributed by atoms with van der Waals surface area (Å²) in [6.45, 7) is 3.21. The van der Waals surface area contributed by atoms with E-state index < -0.39 is 0 Å². The van der Waals surface area contributed by atoms with E-state index in [0.29, 0.717) is 0 Å². The maximum Gasteiger partial charge on any atom is 0.107 e. The molecule has 1 heterocycles. The van der Waals surface area contributed by atoms with Crippen LogP contribution >= 0.6 is 11.3 Å². The van der Waals surface area contributed by atoms with Gasteiger partial charge in [0.05, 0.1) is 0 Å². The first-order valence-electron chi connectivity index (χ1n) is 7.98. The molecule has 1 aromatic rings. The molecule has 1 N–H and O–H groups in total. The molecule has 19 heavy (non-hydrogen) atoms. The van der Waals surface area contributed by atoms with Crippen molar-refractivity contribution in [2.75, 3.05) is 0 Å². The second-order valence-electron chi connectivity index (χ2n) is 6.91. The molecule has 5 rings (SSSR count). The summed E-state index contributed by atoms with van der Waals surface area (Å²) in [6, 6.07) is 0.793. The highest BCUT2D eigenvalue weighted by atomic mass is 32.1. The number of nitrogens with one attached hydrogen (secondary N) is 1. The molecule has 4 fully saturated rings. The van der Waals surface area contributed by atoms with E-state index in [1.165, 1.54) is 35.6 Å². The molecule has 2 nitrogen and oxygen atoms in total. The number of rotatable bonds is 4. The van der Waals surface area contributed by atoms with E-state index in [2.05, 4.69) is 23.4 Å². The van der Waals surface area contributed by atoms with Crippen molar-refractivity contribution < 1.29 is 0 Å². The zero-order valence-corrected chi connectivity index (χ0v) is 12.6. The number of thiazole rings is 1. The Morgan fingerprint density at radius 3 is 2.42 bits per heavy atom. The van der Waals surface area contributed by atoms with Gasteiger partial charge in [-0.2, -0.15) is 0 Å². The number of hydrogen-bond donors (Lipinski definition) is 1. The van der Waals surface area contributed by atoms with Crippen LogP contribution in [0.15, 0.2) is 6.20 Å². The third-order valence-corrected chi connectivity index (χ3v) is 6.81. The molecule has 0 atom stereocenters. The lowest BCUT2D eigenvalue weighted by molar-refractivity contribution is -0.0142. The Labute approximate surface area is 120 Å². The molecule has 104 valence electrons. The second-order valence-corrected chi connectivity index (χ2v) is 8.11. The summed E-state index contributed by atoms with van der Waals surface area (Å²) < 4.78 is 0. The van der Waals surface area contributed by atoms with Crippen molar-refractivity contribution in [3.8, 4) is 0 Å². The Kier molecular flexibility index (Phi) is 3.15. The van der Waals surface area contributed by atoms with E-state index in [-0.39, 0.29) is 0 Å². The van der Waals surface area contributed by atoms with E-state index in [1.54, 1.807) is 6.42 Å². The van der Waals surface area contributed by atoms with Crippen LogP contribution in [0.25, 0.3) is 0 Å². The number of nitrogens with zero attached hydrogens (tertiary/aromatic N) is 1. The van der Waals surface area contributed by atoms with Crippen molar-refractivity contribution in [1.82, 2.24) is 10.3 Å². The maximum atomic E-state index is 4.55. The van der Waals surface area contributed by atoms with Crippen molar-refractivity contribution >= 4 is 11.3 Å². The molecule has 4 aliphatic carbocycles. The van der Waals surface area contributed by atoms with Crippen LogP contribution in [-0.4, -0.2) is 11.0 Å². The lowest BCUT2D eigenvalue weighted by atomic mass is 9.54. The Hall–Kier alpha value is -0.410. The van der Waals surface area contributed by atoms with Crippen LogP contribution in [0.2, 0.25) is 0 Å². The van der Waals surface area contributed by atoms with E-state index >= 15 is 0 Å². The summed E-state index contributed by atoms with van der Waals surface area (Å²) in [7, 11) is 0. The van der Waals surface area contributed by atoms with E-state index in [9.17, 15) is 0 Å². The molecule has 0 aliphatic heterocycles. The zero-order valence-electron chi connectivity index (χ0n) is 11.8. The predicted octanol–water partition coefficient (Wildman–Crippen LogP) is 3.62. The molecule has 0 amide bonds. The number of hydrogen-bond acceptors (Lipinski definition) is 3. The van der Waals surface area contributed by atoms with Crippen molar-refractivity contribution in [1.29, 1.82) is 0 Å².